The molecule has 2 aliphatic rings. The van der Waals surface area contributed by atoms with Gasteiger partial charge in [0.25, 0.3) is 5.91 Å². The van der Waals surface area contributed by atoms with Crippen LogP contribution in [-0.2, 0) is 13.6 Å². The molecule has 0 aromatic carbocycles. The minimum absolute atomic E-state index is 0. The van der Waals surface area contributed by atoms with E-state index < -0.39 is 0 Å². The van der Waals surface area contributed by atoms with Crippen molar-refractivity contribution < 1.29 is 4.79 Å². The summed E-state index contributed by atoms with van der Waals surface area (Å²) in [5.41, 5.74) is 1.79. The van der Waals surface area contributed by atoms with Gasteiger partial charge in [-0.05, 0) is 31.9 Å². The Hall–Kier alpha value is -1.90. The molecule has 1 atom stereocenters. The zero-order valence-electron chi connectivity index (χ0n) is 16.5. The van der Waals surface area contributed by atoms with Gasteiger partial charge in [-0.3, -0.25) is 19.1 Å². The molecule has 0 radical (unpaired) electrons. The van der Waals surface area contributed by atoms with Crippen molar-refractivity contribution in [3.8, 4) is 0 Å². The number of rotatable bonds is 4. The smallest absolute Gasteiger partial charge is 0.274 e. The Bertz CT molecular complexity index is 768. The normalized spacial score (nSPS) is 21.2. The molecule has 154 valence electrons. The molecule has 0 bridgehead atoms. The molecule has 2 aliphatic heterocycles. The molecular weight excluding hydrogens is 378 g/mol. The highest BCUT2D eigenvalue weighted by atomic mass is 35.5. The second-order valence-corrected chi connectivity index (χ2v) is 7.63. The van der Waals surface area contributed by atoms with Gasteiger partial charge in [0.05, 0.1) is 12.2 Å². The Labute approximate surface area is 172 Å². The van der Waals surface area contributed by atoms with Gasteiger partial charge in [-0.1, -0.05) is 0 Å². The van der Waals surface area contributed by atoms with Crippen molar-refractivity contribution in [3.63, 3.8) is 0 Å². The zero-order chi connectivity index (χ0) is 18.6. The van der Waals surface area contributed by atoms with Crippen LogP contribution in [0.1, 0.15) is 41.4 Å². The van der Waals surface area contributed by atoms with Crippen LogP contribution in [0.25, 0.3) is 0 Å². The summed E-state index contributed by atoms with van der Waals surface area (Å²) in [6.07, 6.45) is 9.19. The summed E-state index contributed by atoms with van der Waals surface area (Å²) in [5, 5.41) is 12.2. The SMILES string of the molecule is Cl.Cn1cc(CN2CCCN(C(=O)c3ccn(C4CCCNC4)n3)CC2)cn1. The van der Waals surface area contributed by atoms with E-state index >= 15 is 0 Å². The largest absolute Gasteiger partial charge is 0.336 e. The molecule has 2 aromatic rings. The highest BCUT2D eigenvalue weighted by molar-refractivity contribution is 5.92. The molecular formula is C19H30ClN7O. The summed E-state index contributed by atoms with van der Waals surface area (Å²) < 4.78 is 3.80. The third kappa shape index (κ3) is 4.92. The number of amides is 1. The third-order valence-corrected chi connectivity index (χ3v) is 5.51. The topological polar surface area (TPSA) is 71.2 Å². The lowest BCUT2D eigenvalue weighted by molar-refractivity contribution is 0.0753. The van der Waals surface area contributed by atoms with Gasteiger partial charge in [-0.15, -0.1) is 12.4 Å². The molecule has 1 N–H and O–H groups in total. The first kappa shape index (κ1) is 20.8. The maximum Gasteiger partial charge on any atom is 0.274 e. The Kier molecular flexibility index (Phi) is 7.09. The van der Waals surface area contributed by atoms with E-state index in [1.54, 1.807) is 0 Å². The highest BCUT2D eigenvalue weighted by Crippen LogP contribution is 2.17. The fourth-order valence-electron chi connectivity index (χ4n) is 4.02. The van der Waals surface area contributed by atoms with Crippen LogP contribution >= 0.6 is 12.4 Å². The quantitative estimate of drug-likeness (QED) is 0.827. The van der Waals surface area contributed by atoms with Gasteiger partial charge in [-0.25, -0.2) is 0 Å². The Morgan fingerprint density at radius 3 is 2.89 bits per heavy atom. The van der Waals surface area contributed by atoms with E-state index in [-0.39, 0.29) is 18.3 Å². The standard InChI is InChI=1S/C19H29N7O.ClH/c1-23-14-16(12-21-23)15-24-7-3-8-25(11-10-24)19(27)18-5-9-26(22-18)17-4-2-6-20-13-17;/h5,9,12,14,17,20H,2-4,6-8,10-11,13,15H2,1H3;1H. The molecule has 1 unspecified atom stereocenters. The number of aryl methyl sites for hydroxylation is 1. The van der Waals surface area contributed by atoms with Crippen LogP contribution in [0, 0.1) is 0 Å². The Morgan fingerprint density at radius 1 is 1.25 bits per heavy atom. The zero-order valence-corrected chi connectivity index (χ0v) is 17.3. The lowest BCUT2D eigenvalue weighted by atomic mass is 10.1. The van der Waals surface area contributed by atoms with Crippen molar-refractivity contribution in [2.75, 3.05) is 39.3 Å². The second-order valence-electron chi connectivity index (χ2n) is 7.63. The van der Waals surface area contributed by atoms with Gasteiger partial charge in [-0.2, -0.15) is 10.2 Å². The fraction of sp³-hybridized carbons (Fsp3) is 0.632. The first-order valence-corrected chi connectivity index (χ1v) is 9.94. The van der Waals surface area contributed by atoms with Crippen LogP contribution in [0.15, 0.2) is 24.7 Å². The molecule has 1 amide bonds. The number of hydrogen-bond acceptors (Lipinski definition) is 5. The van der Waals surface area contributed by atoms with Crippen LogP contribution in [0.5, 0.6) is 0 Å². The number of nitrogens with zero attached hydrogens (tertiary/aromatic N) is 6. The number of carbonyl (C=O) groups excluding carboxylic acids is 1. The van der Waals surface area contributed by atoms with Gasteiger partial charge < -0.3 is 10.2 Å². The number of aromatic nitrogens is 4. The molecule has 4 rings (SSSR count). The molecule has 28 heavy (non-hydrogen) atoms. The fourth-order valence-corrected chi connectivity index (χ4v) is 4.02. The molecule has 2 aromatic heterocycles. The van der Waals surface area contributed by atoms with E-state index in [4.69, 9.17) is 0 Å². The number of piperidine rings is 1. The van der Waals surface area contributed by atoms with Crippen molar-refractivity contribution in [2.45, 2.75) is 31.8 Å². The van der Waals surface area contributed by atoms with Crippen molar-refractivity contribution in [1.29, 1.82) is 0 Å². The number of carbonyl (C=O) groups is 1. The Balaban J connectivity index is 0.00000225. The van der Waals surface area contributed by atoms with Crippen molar-refractivity contribution in [3.05, 3.63) is 35.9 Å². The highest BCUT2D eigenvalue weighted by Gasteiger charge is 2.23. The van der Waals surface area contributed by atoms with E-state index in [9.17, 15) is 4.79 Å². The molecule has 0 spiro atoms. The second kappa shape index (κ2) is 9.54. The number of nitrogens with one attached hydrogen (secondary N) is 1. The van der Waals surface area contributed by atoms with Gasteiger partial charge in [0.2, 0.25) is 0 Å². The van der Waals surface area contributed by atoms with Crippen LogP contribution in [-0.4, -0.2) is 74.5 Å². The summed E-state index contributed by atoms with van der Waals surface area (Å²) in [6, 6.07) is 2.23. The van der Waals surface area contributed by atoms with Crippen molar-refractivity contribution in [2.24, 2.45) is 7.05 Å². The van der Waals surface area contributed by atoms with Crippen LogP contribution in [0.4, 0.5) is 0 Å². The van der Waals surface area contributed by atoms with Crippen LogP contribution in [0.2, 0.25) is 0 Å². The maximum absolute atomic E-state index is 12.9. The van der Waals surface area contributed by atoms with E-state index in [1.165, 1.54) is 5.56 Å². The molecule has 0 aliphatic carbocycles. The van der Waals surface area contributed by atoms with E-state index in [1.807, 2.05) is 39.8 Å². The lowest BCUT2D eigenvalue weighted by Crippen LogP contribution is -2.35. The lowest BCUT2D eigenvalue weighted by Gasteiger charge is -2.23. The maximum atomic E-state index is 12.9. The first-order chi connectivity index (χ1) is 13.2. The van der Waals surface area contributed by atoms with Crippen molar-refractivity contribution in [1.82, 2.24) is 34.7 Å². The van der Waals surface area contributed by atoms with Gasteiger partial charge in [0, 0.05) is 64.3 Å². The van der Waals surface area contributed by atoms with Gasteiger partial charge in [0.15, 0.2) is 0 Å². The predicted molar refractivity (Wildman–Crippen MR) is 110 cm³/mol. The van der Waals surface area contributed by atoms with Crippen LogP contribution < -0.4 is 5.32 Å². The van der Waals surface area contributed by atoms with Crippen LogP contribution in [0.3, 0.4) is 0 Å². The summed E-state index contributed by atoms with van der Waals surface area (Å²) in [7, 11) is 1.94. The third-order valence-electron chi connectivity index (χ3n) is 5.51. The number of hydrogen-bond donors (Lipinski definition) is 1. The Morgan fingerprint density at radius 2 is 2.14 bits per heavy atom. The summed E-state index contributed by atoms with van der Waals surface area (Å²) in [4.78, 5) is 17.3. The summed E-state index contributed by atoms with van der Waals surface area (Å²) in [6.45, 7) is 6.32. The minimum atomic E-state index is 0. The van der Waals surface area contributed by atoms with Gasteiger partial charge >= 0.3 is 0 Å². The average Bonchev–Trinajstić information content (AvgIpc) is 3.27. The van der Waals surface area contributed by atoms with E-state index in [0.29, 0.717) is 11.7 Å². The van der Waals surface area contributed by atoms with Gasteiger partial charge in [0.1, 0.15) is 5.69 Å². The van der Waals surface area contributed by atoms with Crippen molar-refractivity contribution >= 4 is 18.3 Å². The monoisotopic (exact) mass is 407 g/mol. The predicted octanol–water partition coefficient (Wildman–Crippen LogP) is 1.31. The minimum Gasteiger partial charge on any atom is -0.336 e. The number of halogens is 1. The molecule has 8 nitrogen and oxygen atoms in total. The summed E-state index contributed by atoms with van der Waals surface area (Å²) in [5.74, 6) is 0.0562. The molecule has 9 heteroatoms. The summed E-state index contributed by atoms with van der Waals surface area (Å²) >= 11 is 0. The average molecular weight is 408 g/mol. The molecule has 0 saturated carbocycles. The van der Waals surface area contributed by atoms with E-state index in [2.05, 4.69) is 26.6 Å². The molecule has 2 saturated heterocycles. The molecule has 2 fully saturated rings. The first-order valence-electron chi connectivity index (χ1n) is 9.94. The van der Waals surface area contributed by atoms with E-state index in [0.717, 1.165) is 65.1 Å². The molecule has 4 heterocycles.